The molecule has 0 fully saturated rings. The smallest absolute Gasteiger partial charge is 0.323 e. The van der Waals surface area contributed by atoms with Crippen LogP contribution >= 0.6 is 23.2 Å². The SMILES string of the molecule is O=C(CN(c1ccccc1)S(=O)(=O)c1ccc(Cl)cc1)Nc1cc(C(F)(F)F)ccc1Cl. The Morgan fingerprint density at radius 2 is 1.56 bits per heavy atom. The highest BCUT2D eigenvalue weighted by molar-refractivity contribution is 7.92. The lowest BCUT2D eigenvalue weighted by Gasteiger charge is -2.24. The average Bonchev–Trinajstić information content (AvgIpc) is 2.73. The van der Waals surface area contributed by atoms with E-state index in [1.54, 1.807) is 18.2 Å². The summed E-state index contributed by atoms with van der Waals surface area (Å²) in [6.45, 7) is -0.707. The van der Waals surface area contributed by atoms with Crippen molar-refractivity contribution in [3.8, 4) is 0 Å². The standard InChI is InChI=1S/C21H15Cl2F3N2O3S/c22-15-7-9-17(10-8-15)32(30,31)28(16-4-2-1-3-5-16)13-20(29)27-19-12-14(21(24,25)26)6-11-18(19)23/h1-12H,13H2,(H,27,29). The van der Waals surface area contributed by atoms with E-state index >= 15 is 0 Å². The van der Waals surface area contributed by atoms with Gasteiger partial charge in [-0.25, -0.2) is 8.42 Å². The Morgan fingerprint density at radius 3 is 2.16 bits per heavy atom. The van der Waals surface area contributed by atoms with Crippen molar-refractivity contribution in [3.63, 3.8) is 0 Å². The number of anilines is 2. The fourth-order valence-electron chi connectivity index (χ4n) is 2.76. The van der Waals surface area contributed by atoms with Crippen molar-refractivity contribution in [3.05, 3.63) is 88.4 Å². The largest absolute Gasteiger partial charge is 0.416 e. The molecule has 0 saturated heterocycles. The van der Waals surface area contributed by atoms with Gasteiger partial charge in [0, 0.05) is 5.02 Å². The van der Waals surface area contributed by atoms with Crippen molar-refractivity contribution in [1.82, 2.24) is 0 Å². The summed E-state index contributed by atoms with van der Waals surface area (Å²) in [5.41, 5.74) is -1.11. The molecule has 0 aliphatic rings. The molecule has 0 radical (unpaired) electrons. The molecule has 0 aliphatic heterocycles. The molecule has 0 atom stereocenters. The summed E-state index contributed by atoms with van der Waals surface area (Å²) in [4.78, 5) is 12.5. The van der Waals surface area contributed by atoms with Gasteiger partial charge in [0.25, 0.3) is 10.0 Å². The van der Waals surface area contributed by atoms with Crippen LogP contribution in [0.2, 0.25) is 10.0 Å². The minimum absolute atomic E-state index is 0.115. The molecule has 1 amide bonds. The van der Waals surface area contributed by atoms with Crippen molar-refractivity contribution < 1.29 is 26.4 Å². The summed E-state index contributed by atoms with van der Waals surface area (Å²) in [6, 6.07) is 15.6. The summed E-state index contributed by atoms with van der Waals surface area (Å²) < 4.78 is 66.2. The molecule has 3 aromatic carbocycles. The van der Waals surface area contributed by atoms with Gasteiger partial charge in [0.2, 0.25) is 5.91 Å². The maximum absolute atomic E-state index is 13.2. The van der Waals surface area contributed by atoms with Gasteiger partial charge in [0.05, 0.1) is 26.9 Å². The summed E-state index contributed by atoms with van der Waals surface area (Å²) in [5.74, 6) is -0.882. The first-order chi connectivity index (χ1) is 15.0. The van der Waals surface area contributed by atoms with Crippen LogP contribution in [0.4, 0.5) is 24.5 Å². The number of sulfonamides is 1. The number of alkyl halides is 3. The second-order valence-electron chi connectivity index (χ2n) is 6.54. The molecule has 11 heteroatoms. The Morgan fingerprint density at radius 1 is 0.938 bits per heavy atom. The van der Waals surface area contributed by atoms with Crippen LogP contribution in [0.5, 0.6) is 0 Å². The predicted octanol–water partition coefficient (Wildman–Crippen LogP) is 5.85. The van der Waals surface area contributed by atoms with E-state index in [2.05, 4.69) is 5.32 Å². The van der Waals surface area contributed by atoms with Gasteiger partial charge in [-0.05, 0) is 54.6 Å². The minimum Gasteiger partial charge on any atom is -0.323 e. The van der Waals surface area contributed by atoms with Crippen LogP contribution in [0.25, 0.3) is 0 Å². The molecule has 0 unspecified atom stereocenters. The van der Waals surface area contributed by atoms with Crippen LogP contribution in [-0.4, -0.2) is 20.9 Å². The number of amides is 1. The van der Waals surface area contributed by atoms with E-state index in [4.69, 9.17) is 23.2 Å². The van der Waals surface area contributed by atoms with Crippen molar-refractivity contribution in [2.75, 3.05) is 16.2 Å². The van der Waals surface area contributed by atoms with Crippen LogP contribution in [0.1, 0.15) is 5.56 Å². The number of nitrogens with zero attached hydrogens (tertiary/aromatic N) is 1. The van der Waals surface area contributed by atoms with Crippen LogP contribution < -0.4 is 9.62 Å². The first kappa shape index (κ1) is 23.9. The highest BCUT2D eigenvalue weighted by atomic mass is 35.5. The molecule has 0 spiro atoms. The Labute approximate surface area is 192 Å². The zero-order valence-corrected chi connectivity index (χ0v) is 18.4. The topological polar surface area (TPSA) is 66.5 Å². The van der Waals surface area contributed by atoms with Gasteiger partial charge in [-0.2, -0.15) is 13.2 Å². The molecular weight excluding hydrogens is 488 g/mol. The van der Waals surface area contributed by atoms with Gasteiger partial charge in [-0.3, -0.25) is 9.10 Å². The van der Waals surface area contributed by atoms with Gasteiger partial charge in [-0.15, -0.1) is 0 Å². The van der Waals surface area contributed by atoms with E-state index in [0.29, 0.717) is 11.1 Å². The molecule has 0 aromatic heterocycles. The fourth-order valence-corrected chi connectivity index (χ4v) is 4.47. The van der Waals surface area contributed by atoms with Crippen molar-refractivity contribution in [1.29, 1.82) is 0 Å². The second kappa shape index (κ2) is 9.40. The summed E-state index contributed by atoms with van der Waals surface area (Å²) >= 11 is 11.7. The van der Waals surface area contributed by atoms with Gasteiger partial charge in [-0.1, -0.05) is 41.4 Å². The lowest BCUT2D eigenvalue weighted by molar-refractivity contribution is -0.137. The van der Waals surface area contributed by atoms with Gasteiger partial charge < -0.3 is 5.32 Å². The highest BCUT2D eigenvalue weighted by Crippen LogP contribution is 2.34. The van der Waals surface area contributed by atoms with Crippen molar-refractivity contribution in [2.45, 2.75) is 11.1 Å². The van der Waals surface area contributed by atoms with E-state index in [1.807, 2.05) is 0 Å². The third-order valence-corrected chi connectivity index (χ3v) is 6.67. The zero-order valence-electron chi connectivity index (χ0n) is 16.1. The number of carbonyl (C=O) groups is 1. The molecule has 5 nitrogen and oxygen atoms in total. The number of benzene rings is 3. The first-order valence-corrected chi connectivity index (χ1v) is 11.2. The Kier molecular flexibility index (Phi) is 7.02. The van der Waals surface area contributed by atoms with Gasteiger partial charge >= 0.3 is 6.18 Å². The molecular formula is C21H15Cl2F3N2O3S. The molecule has 3 aromatic rings. The van der Waals surface area contributed by atoms with E-state index in [1.165, 1.54) is 36.4 Å². The van der Waals surface area contributed by atoms with Gasteiger partial charge in [0.15, 0.2) is 0 Å². The van der Waals surface area contributed by atoms with E-state index in [-0.39, 0.29) is 21.3 Å². The number of nitrogens with one attached hydrogen (secondary N) is 1. The lowest BCUT2D eigenvalue weighted by atomic mass is 10.2. The molecule has 0 aliphatic carbocycles. The maximum Gasteiger partial charge on any atom is 0.416 e. The third-order valence-electron chi connectivity index (χ3n) is 4.30. The molecule has 168 valence electrons. The number of hydrogen-bond acceptors (Lipinski definition) is 3. The first-order valence-electron chi connectivity index (χ1n) is 8.98. The number of halogens is 5. The average molecular weight is 503 g/mol. The zero-order chi connectivity index (χ0) is 23.5. The van der Waals surface area contributed by atoms with Crippen LogP contribution in [0, 0.1) is 0 Å². The van der Waals surface area contributed by atoms with E-state index in [0.717, 1.165) is 16.4 Å². The van der Waals surface area contributed by atoms with Crippen LogP contribution in [0.3, 0.4) is 0 Å². The normalized spacial score (nSPS) is 11.8. The van der Waals surface area contributed by atoms with E-state index < -0.39 is 34.2 Å². The number of carbonyl (C=O) groups excluding carboxylic acids is 1. The van der Waals surface area contributed by atoms with E-state index in [9.17, 15) is 26.4 Å². The van der Waals surface area contributed by atoms with Crippen LogP contribution in [0.15, 0.2) is 77.7 Å². The number of rotatable bonds is 6. The summed E-state index contributed by atoms with van der Waals surface area (Å²) in [6.07, 6.45) is -4.64. The van der Waals surface area contributed by atoms with Crippen molar-refractivity contribution >= 4 is 50.5 Å². The minimum atomic E-state index is -4.64. The second-order valence-corrected chi connectivity index (χ2v) is 9.25. The molecule has 0 bridgehead atoms. The highest BCUT2D eigenvalue weighted by Gasteiger charge is 2.32. The maximum atomic E-state index is 13.2. The monoisotopic (exact) mass is 502 g/mol. The number of hydrogen-bond donors (Lipinski definition) is 1. The Bertz CT molecular complexity index is 1220. The lowest BCUT2D eigenvalue weighted by Crippen LogP contribution is -2.38. The Hall–Kier alpha value is -2.75. The van der Waals surface area contributed by atoms with Crippen molar-refractivity contribution in [2.24, 2.45) is 0 Å². The molecule has 32 heavy (non-hydrogen) atoms. The third kappa shape index (κ3) is 5.53. The van der Waals surface area contributed by atoms with Gasteiger partial charge in [0.1, 0.15) is 6.54 Å². The van der Waals surface area contributed by atoms with Crippen LogP contribution in [-0.2, 0) is 21.0 Å². The summed E-state index contributed by atoms with van der Waals surface area (Å²) in [5, 5.41) is 2.46. The number of para-hydroxylation sites is 1. The summed E-state index contributed by atoms with van der Waals surface area (Å²) in [7, 11) is -4.20. The fraction of sp³-hybridized carbons (Fsp3) is 0.0952. The quantitative estimate of drug-likeness (QED) is 0.459. The molecule has 1 N–H and O–H groups in total. The molecule has 0 saturated carbocycles. The molecule has 0 heterocycles. The predicted molar refractivity (Wildman–Crippen MR) is 118 cm³/mol. The molecule has 3 rings (SSSR count). The Balaban J connectivity index is 1.93.